The van der Waals surface area contributed by atoms with Crippen LogP contribution in [0.3, 0.4) is 0 Å². The lowest BCUT2D eigenvalue weighted by Crippen LogP contribution is -2.24. The smallest absolute Gasteiger partial charge is 0.262 e. The fraction of sp³-hybridized carbons (Fsp3) is 0.182. The fourth-order valence-corrected chi connectivity index (χ4v) is 4.60. The molecule has 0 saturated carbocycles. The average Bonchev–Trinajstić information content (AvgIpc) is 3.32. The third-order valence-corrected chi connectivity index (χ3v) is 6.62. The first-order valence-corrected chi connectivity index (χ1v) is 12.1. The van der Waals surface area contributed by atoms with E-state index in [2.05, 4.69) is 15.4 Å². The molecule has 32 heavy (non-hydrogen) atoms. The number of carbonyl (C=O) groups excluding carboxylic acids is 2. The van der Waals surface area contributed by atoms with Crippen LogP contribution < -0.4 is 20.1 Å². The van der Waals surface area contributed by atoms with Crippen LogP contribution in [0.5, 0.6) is 5.75 Å². The lowest BCUT2D eigenvalue weighted by Gasteiger charge is -2.12. The van der Waals surface area contributed by atoms with E-state index in [1.54, 1.807) is 48.5 Å². The molecule has 0 fully saturated rings. The molecular weight excluding hydrogens is 450 g/mol. The van der Waals surface area contributed by atoms with Gasteiger partial charge in [-0.05, 0) is 48.2 Å². The lowest BCUT2D eigenvalue weighted by atomic mass is 10.2. The minimum Gasteiger partial charge on any atom is -0.495 e. The predicted octanol–water partition coefficient (Wildman–Crippen LogP) is 3.71. The minimum atomic E-state index is -3.88. The van der Waals surface area contributed by atoms with Crippen LogP contribution >= 0.6 is 11.3 Å². The molecule has 1 heterocycles. The summed E-state index contributed by atoms with van der Waals surface area (Å²) in [6.45, 7) is 0.363. The zero-order valence-electron chi connectivity index (χ0n) is 17.3. The van der Waals surface area contributed by atoms with Gasteiger partial charge in [-0.3, -0.25) is 14.3 Å². The maximum absolute atomic E-state index is 12.8. The number of para-hydroxylation sites is 2. The van der Waals surface area contributed by atoms with Crippen molar-refractivity contribution < 1.29 is 22.7 Å². The maximum atomic E-state index is 12.8. The van der Waals surface area contributed by atoms with E-state index in [4.69, 9.17) is 4.74 Å². The van der Waals surface area contributed by atoms with Crippen LogP contribution in [-0.4, -0.2) is 33.9 Å². The van der Waals surface area contributed by atoms with Gasteiger partial charge in [-0.25, -0.2) is 8.42 Å². The van der Waals surface area contributed by atoms with E-state index in [1.807, 2.05) is 5.38 Å². The Morgan fingerprint density at radius 1 is 1.03 bits per heavy atom. The number of carbonyl (C=O) groups is 2. The number of hydrogen-bond donors (Lipinski definition) is 3. The lowest BCUT2D eigenvalue weighted by molar-refractivity contribution is -0.116. The number of nitrogens with one attached hydrogen (secondary N) is 3. The van der Waals surface area contributed by atoms with E-state index in [-0.39, 0.29) is 23.1 Å². The highest BCUT2D eigenvalue weighted by Gasteiger charge is 2.17. The molecule has 0 atom stereocenters. The van der Waals surface area contributed by atoms with Gasteiger partial charge in [0.15, 0.2) is 0 Å². The van der Waals surface area contributed by atoms with E-state index in [0.717, 1.165) is 0 Å². The number of sulfonamides is 1. The van der Waals surface area contributed by atoms with E-state index >= 15 is 0 Å². The third-order valence-electron chi connectivity index (χ3n) is 4.39. The molecule has 3 aromatic rings. The molecule has 2 amide bonds. The van der Waals surface area contributed by atoms with Crippen LogP contribution in [0.25, 0.3) is 0 Å². The van der Waals surface area contributed by atoms with Gasteiger partial charge in [0.25, 0.3) is 15.9 Å². The summed E-state index contributed by atoms with van der Waals surface area (Å²) in [6.07, 6.45) is 0.636. The predicted molar refractivity (Wildman–Crippen MR) is 125 cm³/mol. The molecule has 168 valence electrons. The average molecular weight is 474 g/mol. The summed E-state index contributed by atoms with van der Waals surface area (Å²) >= 11 is 1.35. The minimum absolute atomic E-state index is 0.00409. The highest BCUT2D eigenvalue weighted by molar-refractivity contribution is 7.92. The normalized spacial score (nSPS) is 10.9. The Kier molecular flexibility index (Phi) is 7.85. The summed E-state index contributed by atoms with van der Waals surface area (Å²) in [5.74, 6) is -0.0461. The number of anilines is 2. The number of rotatable bonds is 10. The van der Waals surface area contributed by atoms with Crippen molar-refractivity contribution >= 4 is 44.5 Å². The topological polar surface area (TPSA) is 114 Å². The number of thiophene rings is 1. The standard InChI is InChI=1S/C22H23N3O5S2/c1-30-19-10-3-2-9-18(19)25-32(28,29)17-8-4-7-16(15-17)24-21(26)12-5-13-23-22(27)20-11-6-14-31-20/h2-4,6-11,14-15,25H,5,12-13H2,1H3,(H,23,27)(H,24,26). The molecule has 0 spiro atoms. The SMILES string of the molecule is COc1ccccc1NS(=O)(=O)c1cccc(NC(=O)CCCNC(=O)c2cccs2)c1. The summed E-state index contributed by atoms with van der Waals surface area (Å²) in [7, 11) is -2.43. The summed E-state index contributed by atoms with van der Waals surface area (Å²) < 4.78 is 33.2. The van der Waals surface area contributed by atoms with Crippen molar-refractivity contribution in [3.63, 3.8) is 0 Å². The number of benzene rings is 2. The van der Waals surface area contributed by atoms with Crippen molar-refractivity contribution in [3.8, 4) is 5.75 Å². The second-order valence-electron chi connectivity index (χ2n) is 6.72. The highest BCUT2D eigenvalue weighted by Crippen LogP contribution is 2.26. The van der Waals surface area contributed by atoms with Crippen molar-refractivity contribution in [2.24, 2.45) is 0 Å². The van der Waals surface area contributed by atoms with Crippen LogP contribution in [0.2, 0.25) is 0 Å². The van der Waals surface area contributed by atoms with Crippen LogP contribution in [-0.2, 0) is 14.8 Å². The van der Waals surface area contributed by atoms with E-state index in [9.17, 15) is 18.0 Å². The number of amides is 2. The van der Waals surface area contributed by atoms with Gasteiger partial charge in [0.1, 0.15) is 5.75 Å². The van der Waals surface area contributed by atoms with Gasteiger partial charge in [0.2, 0.25) is 5.91 Å². The van der Waals surface area contributed by atoms with Crippen molar-refractivity contribution in [1.29, 1.82) is 0 Å². The van der Waals surface area contributed by atoms with E-state index in [0.29, 0.717) is 35.0 Å². The van der Waals surface area contributed by atoms with Crippen molar-refractivity contribution in [3.05, 3.63) is 70.9 Å². The molecule has 0 aliphatic heterocycles. The second kappa shape index (κ2) is 10.8. The molecule has 0 bridgehead atoms. The molecule has 0 radical (unpaired) electrons. The van der Waals surface area contributed by atoms with Crippen molar-refractivity contribution in [1.82, 2.24) is 5.32 Å². The molecule has 2 aromatic carbocycles. The molecule has 0 unspecified atom stereocenters. The maximum Gasteiger partial charge on any atom is 0.262 e. The highest BCUT2D eigenvalue weighted by atomic mass is 32.2. The van der Waals surface area contributed by atoms with Crippen LogP contribution in [0.1, 0.15) is 22.5 Å². The van der Waals surface area contributed by atoms with Crippen molar-refractivity contribution in [2.75, 3.05) is 23.7 Å². The number of ether oxygens (including phenoxy) is 1. The molecule has 0 saturated heterocycles. The molecule has 10 heteroatoms. The van der Waals surface area contributed by atoms with Gasteiger partial charge >= 0.3 is 0 Å². The third kappa shape index (κ3) is 6.32. The Hall–Kier alpha value is -3.37. The first-order valence-electron chi connectivity index (χ1n) is 9.76. The monoisotopic (exact) mass is 473 g/mol. The van der Waals surface area contributed by atoms with Crippen LogP contribution in [0.15, 0.2) is 70.9 Å². The Morgan fingerprint density at radius 2 is 1.84 bits per heavy atom. The molecule has 0 aliphatic rings. The zero-order chi connectivity index (χ0) is 23.0. The molecule has 0 aliphatic carbocycles. The van der Waals surface area contributed by atoms with E-state index < -0.39 is 10.0 Å². The second-order valence-corrected chi connectivity index (χ2v) is 9.35. The Morgan fingerprint density at radius 3 is 2.59 bits per heavy atom. The van der Waals surface area contributed by atoms with Crippen molar-refractivity contribution in [2.45, 2.75) is 17.7 Å². The van der Waals surface area contributed by atoms with Gasteiger partial charge in [-0.1, -0.05) is 24.3 Å². The van der Waals surface area contributed by atoms with Gasteiger partial charge in [-0.2, -0.15) is 0 Å². The zero-order valence-corrected chi connectivity index (χ0v) is 19.0. The Balaban J connectivity index is 1.54. The molecule has 1 aromatic heterocycles. The van der Waals surface area contributed by atoms with E-state index in [1.165, 1.54) is 30.6 Å². The van der Waals surface area contributed by atoms with Gasteiger partial charge in [-0.15, -0.1) is 11.3 Å². The van der Waals surface area contributed by atoms with Gasteiger partial charge in [0, 0.05) is 18.7 Å². The molecule has 3 rings (SSSR count). The number of hydrogen-bond acceptors (Lipinski definition) is 6. The fourth-order valence-electron chi connectivity index (χ4n) is 2.84. The summed E-state index contributed by atoms with van der Waals surface area (Å²) in [5, 5.41) is 7.27. The molecular formula is C22H23N3O5S2. The largest absolute Gasteiger partial charge is 0.495 e. The van der Waals surface area contributed by atoms with Gasteiger partial charge < -0.3 is 15.4 Å². The quantitative estimate of drug-likeness (QED) is 0.389. The molecule has 3 N–H and O–H groups in total. The summed E-state index contributed by atoms with van der Waals surface area (Å²) in [5.41, 5.74) is 0.676. The first-order chi connectivity index (χ1) is 15.4. The number of methoxy groups -OCH3 is 1. The Labute approximate surface area is 190 Å². The Bertz CT molecular complexity index is 1180. The summed E-state index contributed by atoms with van der Waals surface area (Å²) in [4.78, 5) is 24.7. The van der Waals surface area contributed by atoms with Crippen LogP contribution in [0.4, 0.5) is 11.4 Å². The summed E-state index contributed by atoms with van der Waals surface area (Å²) in [6, 6.07) is 16.2. The molecule has 8 nitrogen and oxygen atoms in total. The van der Waals surface area contributed by atoms with Crippen LogP contribution in [0, 0.1) is 0 Å². The van der Waals surface area contributed by atoms with Gasteiger partial charge in [0.05, 0.1) is 22.6 Å². The first kappa shape index (κ1) is 23.3.